The zero-order chi connectivity index (χ0) is 21.6. The first-order chi connectivity index (χ1) is 15.1. The Kier molecular flexibility index (Phi) is 6.38. The molecule has 2 aromatic carbocycles. The summed E-state index contributed by atoms with van der Waals surface area (Å²) in [4.78, 5) is 30.8. The number of morpholine rings is 1. The van der Waals surface area contributed by atoms with E-state index in [-0.39, 0.29) is 12.0 Å². The smallest absolute Gasteiger partial charge is 0.248 e. The van der Waals surface area contributed by atoms with Gasteiger partial charge in [0.1, 0.15) is 6.10 Å². The second kappa shape index (κ2) is 9.53. The van der Waals surface area contributed by atoms with Gasteiger partial charge in [-0.1, -0.05) is 48.5 Å². The van der Waals surface area contributed by atoms with E-state index in [1.807, 2.05) is 59.5 Å². The molecule has 0 unspecified atom stereocenters. The summed E-state index contributed by atoms with van der Waals surface area (Å²) in [6, 6.07) is 22.8. The van der Waals surface area contributed by atoms with Crippen LogP contribution in [0.4, 0.5) is 0 Å². The Bertz CT molecular complexity index is 1070. The second-order valence-electron chi connectivity index (χ2n) is 7.58. The van der Waals surface area contributed by atoms with Crippen LogP contribution in [0, 0.1) is 0 Å². The van der Waals surface area contributed by atoms with Crippen molar-refractivity contribution in [3.63, 3.8) is 0 Å². The molecule has 1 saturated heterocycles. The van der Waals surface area contributed by atoms with Gasteiger partial charge in [0.05, 0.1) is 24.5 Å². The molecule has 0 saturated carbocycles. The molecule has 0 radical (unpaired) electrons. The van der Waals surface area contributed by atoms with Crippen molar-refractivity contribution >= 4 is 11.8 Å². The Morgan fingerprint density at radius 1 is 1.03 bits per heavy atom. The fourth-order valence-electron chi connectivity index (χ4n) is 3.73. The van der Waals surface area contributed by atoms with Crippen molar-refractivity contribution in [1.82, 2.24) is 9.88 Å². The normalized spacial score (nSPS) is 16.1. The predicted octanol–water partition coefficient (Wildman–Crippen LogP) is 3.38. The molecule has 1 aromatic heterocycles. The summed E-state index contributed by atoms with van der Waals surface area (Å²) in [5.41, 5.74) is 9.30. The number of hydrogen-bond donors (Lipinski definition) is 1. The third-order valence-electron chi connectivity index (χ3n) is 5.43. The third kappa shape index (κ3) is 5.16. The lowest BCUT2D eigenvalue weighted by Gasteiger charge is -2.33. The van der Waals surface area contributed by atoms with Crippen LogP contribution in [0.15, 0.2) is 72.8 Å². The van der Waals surface area contributed by atoms with E-state index >= 15 is 0 Å². The van der Waals surface area contributed by atoms with E-state index in [0.29, 0.717) is 31.7 Å². The number of nitrogens with two attached hydrogens (primary N) is 1. The molecule has 2 heterocycles. The quantitative estimate of drug-likeness (QED) is 0.669. The molecule has 3 aromatic rings. The van der Waals surface area contributed by atoms with Gasteiger partial charge < -0.3 is 15.4 Å². The molecule has 1 aliphatic rings. The minimum Gasteiger partial charge on any atom is -0.368 e. The standard InChI is InChI=1S/C25H25N3O3/c26-25(30)20-9-4-8-19(16-20)21-10-5-11-22(27-21)23-17-28(14-15-31-23)24(29)13-12-18-6-2-1-3-7-18/h1-11,16,23H,12-15,17H2,(H2,26,30)/t23-/m1/s1. The lowest BCUT2D eigenvalue weighted by molar-refractivity contribution is -0.139. The fraction of sp³-hybridized carbons (Fsp3) is 0.240. The van der Waals surface area contributed by atoms with Crippen molar-refractivity contribution < 1.29 is 14.3 Å². The van der Waals surface area contributed by atoms with Crippen molar-refractivity contribution in [3.8, 4) is 11.3 Å². The third-order valence-corrected chi connectivity index (χ3v) is 5.43. The van der Waals surface area contributed by atoms with E-state index < -0.39 is 5.91 Å². The maximum Gasteiger partial charge on any atom is 0.248 e. The van der Waals surface area contributed by atoms with Crippen molar-refractivity contribution in [3.05, 3.63) is 89.6 Å². The number of carbonyl (C=O) groups excluding carboxylic acids is 2. The van der Waals surface area contributed by atoms with Crippen molar-refractivity contribution in [2.75, 3.05) is 19.7 Å². The van der Waals surface area contributed by atoms with Gasteiger partial charge in [0.25, 0.3) is 0 Å². The molecule has 6 nitrogen and oxygen atoms in total. The summed E-state index contributed by atoms with van der Waals surface area (Å²) in [6.45, 7) is 1.54. The number of hydrogen-bond acceptors (Lipinski definition) is 4. The van der Waals surface area contributed by atoms with Gasteiger partial charge in [-0.25, -0.2) is 4.98 Å². The van der Waals surface area contributed by atoms with Gasteiger partial charge in [-0.2, -0.15) is 0 Å². The summed E-state index contributed by atoms with van der Waals surface area (Å²) in [5.74, 6) is -0.347. The number of rotatable bonds is 6. The summed E-state index contributed by atoms with van der Waals surface area (Å²) in [6.07, 6.45) is 0.921. The molecule has 1 fully saturated rings. The van der Waals surface area contributed by atoms with Crippen LogP contribution >= 0.6 is 0 Å². The van der Waals surface area contributed by atoms with E-state index in [2.05, 4.69) is 0 Å². The molecule has 2 amide bonds. The number of primary amides is 1. The van der Waals surface area contributed by atoms with Gasteiger partial charge in [0, 0.05) is 24.1 Å². The highest BCUT2D eigenvalue weighted by Crippen LogP contribution is 2.25. The van der Waals surface area contributed by atoms with Crippen LogP contribution in [0.2, 0.25) is 0 Å². The summed E-state index contributed by atoms with van der Waals surface area (Å²) in [5, 5.41) is 0. The SMILES string of the molecule is NC(=O)c1cccc(-c2cccc([C@H]3CN(C(=O)CCc4ccccc4)CCO3)n2)c1. The molecular formula is C25H25N3O3. The van der Waals surface area contributed by atoms with E-state index in [9.17, 15) is 9.59 Å². The number of aromatic nitrogens is 1. The van der Waals surface area contributed by atoms with Crippen molar-refractivity contribution in [2.45, 2.75) is 18.9 Å². The summed E-state index contributed by atoms with van der Waals surface area (Å²) in [7, 11) is 0. The van der Waals surface area contributed by atoms with E-state index in [4.69, 9.17) is 15.5 Å². The summed E-state index contributed by atoms with van der Waals surface area (Å²) >= 11 is 0. The molecule has 1 aliphatic heterocycles. The predicted molar refractivity (Wildman–Crippen MR) is 118 cm³/mol. The number of amides is 2. The second-order valence-corrected chi connectivity index (χ2v) is 7.58. The first-order valence-electron chi connectivity index (χ1n) is 10.4. The van der Waals surface area contributed by atoms with Gasteiger partial charge in [-0.3, -0.25) is 9.59 Å². The highest BCUT2D eigenvalue weighted by Gasteiger charge is 2.26. The Hall–Kier alpha value is -3.51. The van der Waals surface area contributed by atoms with Crippen LogP contribution in [0.5, 0.6) is 0 Å². The molecule has 0 bridgehead atoms. The molecule has 31 heavy (non-hydrogen) atoms. The van der Waals surface area contributed by atoms with Gasteiger partial charge >= 0.3 is 0 Å². The zero-order valence-corrected chi connectivity index (χ0v) is 17.2. The maximum atomic E-state index is 12.7. The number of carbonyl (C=O) groups is 2. The first kappa shape index (κ1) is 20.8. The van der Waals surface area contributed by atoms with Crippen LogP contribution in [-0.4, -0.2) is 41.4 Å². The first-order valence-corrected chi connectivity index (χ1v) is 10.4. The van der Waals surface area contributed by atoms with Gasteiger partial charge in [-0.05, 0) is 36.2 Å². The minimum atomic E-state index is -0.474. The number of nitrogens with zero attached hydrogens (tertiary/aromatic N) is 2. The zero-order valence-electron chi connectivity index (χ0n) is 17.2. The summed E-state index contributed by atoms with van der Waals surface area (Å²) < 4.78 is 5.93. The maximum absolute atomic E-state index is 12.7. The Morgan fingerprint density at radius 3 is 2.65 bits per heavy atom. The van der Waals surface area contributed by atoms with E-state index in [1.54, 1.807) is 18.2 Å². The van der Waals surface area contributed by atoms with Crippen LogP contribution in [0.25, 0.3) is 11.3 Å². The van der Waals surface area contributed by atoms with E-state index in [1.165, 1.54) is 0 Å². The van der Waals surface area contributed by atoms with Crippen molar-refractivity contribution in [2.24, 2.45) is 5.73 Å². The molecule has 6 heteroatoms. The van der Waals surface area contributed by atoms with Crippen molar-refractivity contribution in [1.29, 1.82) is 0 Å². The number of pyridine rings is 1. The average molecular weight is 415 g/mol. The van der Waals surface area contributed by atoms with Crippen LogP contribution in [0.1, 0.15) is 34.1 Å². The fourth-order valence-corrected chi connectivity index (χ4v) is 3.73. The highest BCUT2D eigenvalue weighted by atomic mass is 16.5. The lowest BCUT2D eigenvalue weighted by Crippen LogP contribution is -2.42. The lowest BCUT2D eigenvalue weighted by atomic mass is 10.1. The van der Waals surface area contributed by atoms with Gasteiger partial charge in [-0.15, -0.1) is 0 Å². The Labute approximate surface area is 181 Å². The number of aryl methyl sites for hydroxylation is 1. The largest absolute Gasteiger partial charge is 0.368 e. The molecule has 4 rings (SSSR count). The number of benzene rings is 2. The van der Waals surface area contributed by atoms with Crippen LogP contribution in [0.3, 0.4) is 0 Å². The van der Waals surface area contributed by atoms with Gasteiger partial charge in [0.2, 0.25) is 11.8 Å². The highest BCUT2D eigenvalue weighted by molar-refractivity contribution is 5.94. The topological polar surface area (TPSA) is 85.5 Å². The van der Waals surface area contributed by atoms with Crippen LogP contribution in [-0.2, 0) is 16.0 Å². The molecule has 0 spiro atoms. The van der Waals surface area contributed by atoms with Crippen LogP contribution < -0.4 is 5.73 Å². The molecule has 2 N–H and O–H groups in total. The Morgan fingerprint density at radius 2 is 1.84 bits per heavy atom. The Balaban J connectivity index is 1.45. The molecule has 1 atom stereocenters. The monoisotopic (exact) mass is 415 g/mol. The minimum absolute atomic E-state index is 0.127. The van der Waals surface area contributed by atoms with E-state index in [0.717, 1.165) is 28.9 Å². The van der Waals surface area contributed by atoms with Gasteiger partial charge in [0.15, 0.2) is 0 Å². The molecule has 0 aliphatic carbocycles. The average Bonchev–Trinajstić information content (AvgIpc) is 2.83. The number of ether oxygens (including phenoxy) is 1. The molecule has 158 valence electrons. The molecular weight excluding hydrogens is 390 g/mol.